The van der Waals surface area contributed by atoms with Crippen molar-refractivity contribution in [1.82, 2.24) is 24.7 Å². The molecule has 0 atom stereocenters. The Morgan fingerprint density at radius 1 is 1.19 bits per heavy atom. The van der Waals surface area contributed by atoms with E-state index in [0.717, 1.165) is 18.1 Å². The Hall–Kier alpha value is -2.26. The van der Waals surface area contributed by atoms with Crippen LogP contribution in [0.15, 0.2) is 24.7 Å². The van der Waals surface area contributed by atoms with Crippen LogP contribution >= 0.6 is 11.9 Å². The molecule has 0 aromatic carbocycles. The summed E-state index contributed by atoms with van der Waals surface area (Å²) in [4.78, 5) is 15.2. The van der Waals surface area contributed by atoms with E-state index in [2.05, 4.69) is 50.7 Å². The quantitative estimate of drug-likeness (QED) is 0.448. The Kier molecular flexibility index (Phi) is 5.38. The van der Waals surface area contributed by atoms with Gasteiger partial charge in [-0.15, -0.1) is 0 Å². The summed E-state index contributed by atoms with van der Waals surface area (Å²) in [7, 11) is 0. The number of anilines is 1. The van der Waals surface area contributed by atoms with Gasteiger partial charge in [-0.1, -0.05) is 11.9 Å². The highest BCUT2D eigenvalue weighted by molar-refractivity contribution is 7.97. The van der Waals surface area contributed by atoms with Crippen LogP contribution in [0.4, 0.5) is 14.6 Å². The standard InChI is InChI=1S/C17H20F2N6S/c1-17(2,3)25-26-5-4-20-16-13(19)9-23-15(24-16)12-8-22-14-11(12)6-10(18)7-21-14/h6-9,25H,4-5H2,1-3H3,(H,21,22)(H,20,23,24). The summed E-state index contributed by atoms with van der Waals surface area (Å²) in [5, 5.41) is 3.52. The molecule has 0 aliphatic rings. The third kappa shape index (κ3) is 4.47. The highest BCUT2D eigenvalue weighted by atomic mass is 32.2. The molecule has 0 aliphatic carbocycles. The van der Waals surface area contributed by atoms with Crippen molar-refractivity contribution >= 4 is 28.8 Å². The van der Waals surface area contributed by atoms with E-state index >= 15 is 0 Å². The SMILES string of the molecule is CC(C)(C)NSCCNc1nc(-c2c[nH]c3ncc(F)cc23)ncc1F. The van der Waals surface area contributed by atoms with E-state index in [9.17, 15) is 8.78 Å². The molecule has 3 N–H and O–H groups in total. The number of nitrogens with zero attached hydrogens (tertiary/aromatic N) is 3. The summed E-state index contributed by atoms with van der Waals surface area (Å²) >= 11 is 1.56. The Labute approximate surface area is 154 Å². The predicted molar refractivity (Wildman–Crippen MR) is 101 cm³/mol. The van der Waals surface area contributed by atoms with Crippen LogP contribution < -0.4 is 10.0 Å². The lowest BCUT2D eigenvalue weighted by molar-refractivity contribution is 0.535. The average molecular weight is 378 g/mol. The maximum Gasteiger partial charge on any atom is 0.183 e. The smallest absolute Gasteiger partial charge is 0.183 e. The van der Waals surface area contributed by atoms with Crippen molar-refractivity contribution in [2.24, 2.45) is 0 Å². The zero-order chi connectivity index (χ0) is 18.7. The third-order valence-corrected chi connectivity index (χ3v) is 4.52. The van der Waals surface area contributed by atoms with Gasteiger partial charge in [0.15, 0.2) is 17.5 Å². The Morgan fingerprint density at radius 2 is 2.00 bits per heavy atom. The van der Waals surface area contributed by atoms with Crippen molar-refractivity contribution < 1.29 is 8.78 Å². The van der Waals surface area contributed by atoms with Gasteiger partial charge in [-0.25, -0.2) is 23.7 Å². The zero-order valence-electron chi connectivity index (χ0n) is 14.7. The summed E-state index contributed by atoms with van der Waals surface area (Å²) in [6, 6.07) is 1.35. The van der Waals surface area contributed by atoms with Crippen LogP contribution in [-0.4, -0.2) is 37.8 Å². The largest absolute Gasteiger partial charge is 0.367 e. The molecule has 3 heterocycles. The molecule has 0 spiro atoms. The molecule has 138 valence electrons. The first-order chi connectivity index (χ1) is 12.3. The number of pyridine rings is 1. The van der Waals surface area contributed by atoms with Gasteiger partial charge in [0.1, 0.15) is 11.5 Å². The van der Waals surface area contributed by atoms with E-state index < -0.39 is 11.6 Å². The van der Waals surface area contributed by atoms with Crippen LogP contribution in [0, 0.1) is 11.6 Å². The van der Waals surface area contributed by atoms with Crippen LogP contribution in [-0.2, 0) is 0 Å². The van der Waals surface area contributed by atoms with Crippen molar-refractivity contribution in [1.29, 1.82) is 0 Å². The molecule has 0 bridgehead atoms. The van der Waals surface area contributed by atoms with Crippen molar-refractivity contribution in [2.75, 3.05) is 17.6 Å². The van der Waals surface area contributed by atoms with Crippen LogP contribution in [0.5, 0.6) is 0 Å². The molecule has 3 aromatic rings. The molecule has 0 amide bonds. The normalized spacial score (nSPS) is 11.9. The minimum atomic E-state index is -0.535. The van der Waals surface area contributed by atoms with E-state index in [0.29, 0.717) is 29.0 Å². The summed E-state index contributed by atoms with van der Waals surface area (Å²) in [5.41, 5.74) is 1.10. The zero-order valence-corrected chi connectivity index (χ0v) is 15.5. The van der Waals surface area contributed by atoms with Crippen LogP contribution in [0.3, 0.4) is 0 Å². The molecule has 3 rings (SSSR count). The number of fused-ring (bicyclic) bond motifs is 1. The van der Waals surface area contributed by atoms with E-state index in [-0.39, 0.29) is 11.4 Å². The maximum atomic E-state index is 14.0. The lowest BCUT2D eigenvalue weighted by Crippen LogP contribution is -2.30. The van der Waals surface area contributed by atoms with Gasteiger partial charge in [-0.2, -0.15) is 0 Å². The van der Waals surface area contributed by atoms with Gasteiger partial charge in [0, 0.05) is 35.0 Å². The number of halogens is 2. The first-order valence-corrected chi connectivity index (χ1v) is 9.10. The molecule has 0 aliphatic heterocycles. The molecule has 0 saturated carbocycles. The predicted octanol–water partition coefficient (Wildman–Crippen LogP) is 3.75. The fraction of sp³-hybridized carbons (Fsp3) is 0.353. The summed E-state index contributed by atoms with van der Waals surface area (Å²) in [6.07, 6.45) is 3.87. The molecule has 6 nitrogen and oxygen atoms in total. The van der Waals surface area contributed by atoms with Crippen molar-refractivity contribution in [3.63, 3.8) is 0 Å². The van der Waals surface area contributed by atoms with Crippen LogP contribution in [0.1, 0.15) is 20.8 Å². The molecule has 0 saturated heterocycles. The highest BCUT2D eigenvalue weighted by Gasteiger charge is 2.14. The first kappa shape index (κ1) is 18.5. The fourth-order valence-corrected chi connectivity index (χ4v) is 3.01. The summed E-state index contributed by atoms with van der Waals surface area (Å²) in [6.45, 7) is 6.75. The molecule has 26 heavy (non-hydrogen) atoms. The fourth-order valence-electron chi connectivity index (χ4n) is 2.27. The Balaban J connectivity index is 1.74. The van der Waals surface area contributed by atoms with Gasteiger partial charge in [0.05, 0.1) is 12.4 Å². The lowest BCUT2D eigenvalue weighted by atomic mass is 10.1. The van der Waals surface area contributed by atoms with Crippen molar-refractivity contribution in [2.45, 2.75) is 26.3 Å². The lowest BCUT2D eigenvalue weighted by Gasteiger charge is -2.19. The number of rotatable bonds is 6. The Morgan fingerprint density at radius 3 is 2.77 bits per heavy atom. The van der Waals surface area contributed by atoms with E-state index in [4.69, 9.17) is 0 Å². The minimum absolute atomic E-state index is 0.0106. The molecule has 0 radical (unpaired) electrons. The van der Waals surface area contributed by atoms with Gasteiger partial charge in [0.2, 0.25) is 0 Å². The van der Waals surface area contributed by atoms with E-state index in [1.54, 1.807) is 18.1 Å². The minimum Gasteiger partial charge on any atom is -0.367 e. The number of H-pyrrole nitrogens is 1. The molecule has 9 heteroatoms. The molecular formula is C17H20F2N6S. The van der Waals surface area contributed by atoms with Crippen molar-refractivity contribution in [3.8, 4) is 11.4 Å². The number of aromatic nitrogens is 4. The van der Waals surface area contributed by atoms with Gasteiger partial charge < -0.3 is 10.3 Å². The second-order valence-corrected chi connectivity index (χ2v) is 7.67. The van der Waals surface area contributed by atoms with Crippen LogP contribution in [0.25, 0.3) is 22.4 Å². The number of aromatic amines is 1. The van der Waals surface area contributed by atoms with Crippen molar-refractivity contribution in [3.05, 3.63) is 36.3 Å². The van der Waals surface area contributed by atoms with Gasteiger partial charge >= 0.3 is 0 Å². The molecular weight excluding hydrogens is 358 g/mol. The molecule has 0 fully saturated rings. The number of nitrogens with one attached hydrogen (secondary N) is 3. The topological polar surface area (TPSA) is 78.5 Å². The second-order valence-electron chi connectivity index (χ2n) is 6.77. The van der Waals surface area contributed by atoms with E-state index in [1.807, 2.05) is 0 Å². The van der Waals surface area contributed by atoms with Gasteiger partial charge in [-0.3, -0.25) is 4.72 Å². The monoisotopic (exact) mass is 378 g/mol. The average Bonchev–Trinajstić information content (AvgIpc) is 2.98. The number of hydrogen-bond acceptors (Lipinski definition) is 6. The Bertz CT molecular complexity index is 906. The summed E-state index contributed by atoms with van der Waals surface area (Å²) < 4.78 is 30.8. The highest BCUT2D eigenvalue weighted by Crippen LogP contribution is 2.26. The summed E-state index contributed by atoms with van der Waals surface area (Å²) in [5.74, 6) is 0.157. The van der Waals surface area contributed by atoms with Gasteiger partial charge in [-0.05, 0) is 26.8 Å². The second kappa shape index (κ2) is 7.55. The molecule has 3 aromatic heterocycles. The number of hydrogen-bond donors (Lipinski definition) is 3. The molecule has 0 unspecified atom stereocenters. The van der Waals surface area contributed by atoms with Crippen LogP contribution in [0.2, 0.25) is 0 Å². The van der Waals surface area contributed by atoms with Gasteiger partial charge in [0.25, 0.3) is 0 Å². The van der Waals surface area contributed by atoms with E-state index in [1.165, 1.54) is 6.07 Å². The third-order valence-electron chi connectivity index (χ3n) is 3.36. The maximum absolute atomic E-state index is 14.0. The first-order valence-electron chi connectivity index (χ1n) is 8.12.